The average molecular weight is 688 g/mol. The van der Waals surface area contributed by atoms with Gasteiger partial charge in [0.1, 0.15) is 23.1 Å². The highest BCUT2D eigenvalue weighted by atomic mass is 16.6. The zero-order valence-corrected chi connectivity index (χ0v) is 30.0. The second kappa shape index (κ2) is 16.5. The van der Waals surface area contributed by atoms with Crippen molar-refractivity contribution in [3.63, 3.8) is 0 Å². The molecule has 0 bridgehead atoms. The van der Waals surface area contributed by atoms with E-state index in [9.17, 15) is 14.4 Å². The van der Waals surface area contributed by atoms with Crippen molar-refractivity contribution in [2.45, 2.75) is 78.2 Å². The van der Waals surface area contributed by atoms with Crippen LogP contribution < -0.4 is 25.4 Å². The van der Waals surface area contributed by atoms with Crippen LogP contribution in [0.4, 0.5) is 16.2 Å². The Balaban J connectivity index is 1.46. The third-order valence-electron chi connectivity index (χ3n) is 7.47. The van der Waals surface area contributed by atoms with Crippen LogP contribution in [0.2, 0.25) is 0 Å². The Morgan fingerprint density at radius 3 is 2.18 bits per heavy atom. The first kappa shape index (κ1) is 37.7. The molecule has 0 radical (unpaired) electrons. The molecule has 0 saturated carbocycles. The maximum atomic E-state index is 13.4. The molecule has 12 nitrogen and oxygen atoms in total. The van der Waals surface area contributed by atoms with E-state index in [1.807, 2.05) is 30.3 Å². The summed E-state index contributed by atoms with van der Waals surface area (Å²) in [7, 11) is 2.09. The second-order valence-electron chi connectivity index (χ2n) is 14.2. The van der Waals surface area contributed by atoms with Gasteiger partial charge in [0.2, 0.25) is 0 Å². The summed E-state index contributed by atoms with van der Waals surface area (Å²) >= 11 is 0. The molecule has 3 aromatic carbocycles. The number of benzene rings is 3. The first-order chi connectivity index (χ1) is 23.6. The van der Waals surface area contributed by atoms with Crippen molar-refractivity contribution >= 4 is 35.2 Å². The quantitative estimate of drug-likeness (QED) is 0.0994. The molecule has 1 aliphatic heterocycles. The van der Waals surface area contributed by atoms with Gasteiger partial charge in [-0.15, -0.1) is 0 Å². The number of nitrogens with one attached hydrogen (secondary N) is 4. The van der Waals surface area contributed by atoms with Gasteiger partial charge in [0, 0.05) is 42.1 Å². The minimum Gasteiger partial charge on any atom is -0.486 e. The summed E-state index contributed by atoms with van der Waals surface area (Å²) in [6.07, 6.45) is 1.05. The minimum absolute atomic E-state index is 0.0172. The molecule has 0 atom stereocenters. The fraction of sp³-hybridized carbons (Fsp3) is 0.421. The van der Waals surface area contributed by atoms with Gasteiger partial charge >= 0.3 is 12.1 Å². The summed E-state index contributed by atoms with van der Waals surface area (Å²) in [5.74, 6) is 0.0342. The Morgan fingerprint density at radius 2 is 1.52 bits per heavy atom. The molecule has 1 fully saturated rings. The summed E-state index contributed by atoms with van der Waals surface area (Å²) in [4.78, 5) is 40.3. The summed E-state index contributed by atoms with van der Waals surface area (Å²) in [5, 5.41) is 16.9. The zero-order valence-electron chi connectivity index (χ0n) is 30.0. The first-order valence-electron chi connectivity index (χ1n) is 16.7. The molecule has 4 N–H and O–H groups in total. The van der Waals surface area contributed by atoms with E-state index in [1.54, 1.807) is 77.9 Å². The Bertz CT molecular complexity index is 1650. The topological polar surface area (TPSA) is 151 Å². The van der Waals surface area contributed by atoms with E-state index in [4.69, 9.17) is 24.4 Å². The molecule has 2 amide bonds. The molecule has 50 heavy (non-hydrogen) atoms. The van der Waals surface area contributed by atoms with Crippen molar-refractivity contribution < 1.29 is 33.3 Å². The summed E-state index contributed by atoms with van der Waals surface area (Å²) < 4.78 is 23.2. The molecule has 0 aliphatic carbocycles. The summed E-state index contributed by atoms with van der Waals surface area (Å²) in [6.45, 7) is 12.5. The Kier molecular flexibility index (Phi) is 12.5. The highest BCUT2D eigenvalue weighted by molar-refractivity contribution is 6.08. The lowest BCUT2D eigenvalue weighted by molar-refractivity contribution is -0.157. The van der Waals surface area contributed by atoms with Crippen LogP contribution in [-0.2, 0) is 20.8 Å². The van der Waals surface area contributed by atoms with Crippen LogP contribution in [0.15, 0.2) is 66.7 Å². The number of nitrogens with zero attached hydrogens (tertiary/aromatic N) is 1. The third-order valence-corrected chi connectivity index (χ3v) is 7.47. The van der Waals surface area contributed by atoms with Gasteiger partial charge in [0.05, 0.1) is 5.56 Å². The lowest BCUT2D eigenvalue weighted by atomic mass is 10.1. The number of anilines is 2. The van der Waals surface area contributed by atoms with Crippen LogP contribution >= 0.6 is 0 Å². The molecule has 4 rings (SSSR count). The van der Waals surface area contributed by atoms with E-state index >= 15 is 0 Å². The number of hydrogen-bond donors (Lipinski definition) is 4. The smallest absolute Gasteiger partial charge is 0.413 e. The molecule has 268 valence electrons. The number of amidine groups is 1. The van der Waals surface area contributed by atoms with Crippen LogP contribution in [0.25, 0.3) is 0 Å². The largest absolute Gasteiger partial charge is 0.486 e. The number of piperidine rings is 1. The highest BCUT2D eigenvalue weighted by Gasteiger charge is 2.23. The van der Waals surface area contributed by atoms with Gasteiger partial charge in [-0.3, -0.25) is 15.5 Å². The van der Waals surface area contributed by atoms with Gasteiger partial charge in [-0.05, 0) is 104 Å². The molecule has 3 aromatic rings. The molecular weight excluding hydrogens is 638 g/mol. The number of hydrogen-bond acceptors (Lipinski definition) is 10. The molecule has 0 unspecified atom stereocenters. The predicted octanol–water partition coefficient (Wildman–Crippen LogP) is 6.59. The maximum absolute atomic E-state index is 13.4. The third kappa shape index (κ3) is 11.8. The Morgan fingerprint density at radius 1 is 0.860 bits per heavy atom. The van der Waals surface area contributed by atoms with Gasteiger partial charge in [-0.25, -0.2) is 9.59 Å². The number of esters is 1. The van der Waals surface area contributed by atoms with Crippen LogP contribution in [0.3, 0.4) is 0 Å². The number of carbonyl (C=O) groups excluding carboxylic acids is 3. The van der Waals surface area contributed by atoms with Crippen molar-refractivity contribution in [2.24, 2.45) is 0 Å². The number of alkyl carbamates (subject to hydrolysis) is 1. The highest BCUT2D eigenvalue weighted by Crippen LogP contribution is 2.34. The summed E-state index contributed by atoms with van der Waals surface area (Å²) in [6, 6.07) is 19.3. The number of likely N-dealkylation sites (tertiary alicyclic amines) is 1. The lowest BCUT2D eigenvalue weighted by Gasteiger charge is -2.30. The fourth-order valence-corrected chi connectivity index (χ4v) is 5.16. The van der Waals surface area contributed by atoms with Crippen LogP contribution in [-0.4, -0.2) is 72.8 Å². The van der Waals surface area contributed by atoms with Crippen LogP contribution in [0, 0.1) is 5.41 Å². The predicted molar refractivity (Wildman–Crippen MR) is 193 cm³/mol. The van der Waals surface area contributed by atoms with Gasteiger partial charge in [-0.2, -0.15) is 0 Å². The zero-order chi connectivity index (χ0) is 36.5. The molecule has 0 aromatic heterocycles. The number of ether oxygens (including phenoxy) is 4. The molecule has 1 saturated heterocycles. The van der Waals surface area contributed by atoms with E-state index in [2.05, 4.69) is 27.9 Å². The molecule has 1 heterocycles. The number of para-hydroxylation sites is 2. The van der Waals surface area contributed by atoms with Gasteiger partial charge in [-0.1, -0.05) is 24.3 Å². The molecular formula is C38H49N5O7. The minimum atomic E-state index is -0.720. The van der Waals surface area contributed by atoms with Crippen molar-refractivity contribution in [3.05, 3.63) is 83.4 Å². The van der Waals surface area contributed by atoms with Gasteiger partial charge < -0.3 is 34.5 Å². The van der Waals surface area contributed by atoms with Gasteiger partial charge in [0.15, 0.2) is 18.1 Å². The van der Waals surface area contributed by atoms with Crippen molar-refractivity contribution in [1.29, 1.82) is 5.41 Å². The first-order valence-corrected chi connectivity index (χ1v) is 16.7. The van der Waals surface area contributed by atoms with Gasteiger partial charge in [0.25, 0.3) is 5.91 Å². The molecule has 0 spiro atoms. The van der Waals surface area contributed by atoms with Crippen molar-refractivity contribution in [1.82, 2.24) is 10.2 Å². The average Bonchev–Trinajstić information content (AvgIpc) is 3.03. The van der Waals surface area contributed by atoms with Crippen LogP contribution in [0.1, 0.15) is 75.9 Å². The maximum Gasteiger partial charge on any atom is 0.413 e. The van der Waals surface area contributed by atoms with E-state index in [-0.39, 0.29) is 31.0 Å². The van der Waals surface area contributed by atoms with E-state index in [0.29, 0.717) is 34.0 Å². The molecule has 12 heteroatoms. The standard InChI is InChI=1S/C38H49N5O7/c1-37(2,3)49-32(44)24-47-33-26(11-10-14-31(33)48-28-19-21-43(7)22-20-28)23-40-30-13-9-8-12-29(30)35(45)41-27-17-15-25(16-18-27)34(39)42-36(46)50-38(4,5)6/h8-18,28,40H,19-24H2,1-7H3,(H,41,45)(H2,39,42,46). The summed E-state index contributed by atoms with van der Waals surface area (Å²) in [5.41, 5.74) is 1.36. The van der Waals surface area contributed by atoms with E-state index in [1.165, 1.54) is 0 Å². The SMILES string of the molecule is CN1CCC(Oc2cccc(CNc3ccccc3C(=O)Nc3ccc(C(=N)NC(=O)OC(C)(C)C)cc3)c2OCC(=O)OC(C)(C)C)CC1. The molecule has 1 aliphatic rings. The van der Waals surface area contributed by atoms with Crippen LogP contribution in [0.5, 0.6) is 11.5 Å². The number of carbonyl (C=O) groups is 3. The monoisotopic (exact) mass is 687 g/mol. The number of amides is 2. The van der Waals surface area contributed by atoms with E-state index < -0.39 is 23.3 Å². The van der Waals surface area contributed by atoms with E-state index in [0.717, 1.165) is 31.5 Å². The van der Waals surface area contributed by atoms with Crippen molar-refractivity contribution in [2.75, 3.05) is 37.4 Å². The second-order valence-corrected chi connectivity index (χ2v) is 14.2. The lowest BCUT2D eigenvalue weighted by Crippen LogP contribution is -2.36. The van der Waals surface area contributed by atoms with Crippen molar-refractivity contribution in [3.8, 4) is 11.5 Å². The normalized spacial score (nSPS) is 13.9. The number of rotatable bonds is 11. The Hall–Kier alpha value is -5.10. The Labute approximate surface area is 294 Å². The fourth-order valence-electron chi connectivity index (χ4n) is 5.16.